The Kier molecular flexibility index (Phi) is 6.77. The van der Waals surface area contributed by atoms with Crippen molar-refractivity contribution in [3.8, 4) is 17.1 Å². The summed E-state index contributed by atoms with van der Waals surface area (Å²) in [6.07, 6.45) is 0.791. The molecule has 0 saturated carbocycles. The van der Waals surface area contributed by atoms with Gasteiger partial charge in [-0.1, -0.05) is 12.1 Å². The molecule has 1 fully saturated rings. The van der Waals surface area contributed by atoms with Gasteiger partial charge in [-0.25, -0.2) is 19.2 Å². The molecule has 8 nitrogen and oxygen atoms in total. The molecule has 0 aliphatic carbocycles. The average molecular weight is 440 g/mol. The Morgan fingerprint density at radius 2 is 1.97 bits per heavy atom. The first-order valence-electron chi connectivity index (χ1n) is 10.5. The Balaban J connectivity index is 1.87. The van der Waals surface area contributed by atoms with Crippen LogP contribution in [0.2, 0.25) is 0 Å². The number of piperidine rings is 1. The largest absolute Gasteiger partial charge is 0.507 e. The molecule has 9 heteroatoms. The lowest BCUT2D eigenvalue weighted by Gasteiger charge is -2.33. The minimum atomic E-state index is -0.582. The summed E-state index contributed by atoms with van der Waals surface area (Å²) in [6, 6.07) is 10.7. The number of phenolic OH excluding ortho intramolecular Hbond substituents is 1. The van der Waals surface area contributed by atoms with Crippen LogP contribution in [0.1, 0.15) is 12.8 Å². The highest BCUT2D eigenvalue weighted by atomic mass is 19.1. The third-order valence-corrected chi connectivity index (χ3v) is 5.39. The molecule has 0 unspecified atom stereocenters. The van der Waals surface area contributed by atoms with Crippen molar-refractivity contribution in [1.82, 2.24) is 15.3 Å². The second-order valence-corrected chi connectivity index (χ2v) is 7.51. The van der Waals surface area contributed by atoms with E-state index >= 15 is 0 Å². The zero-order valence-corrected chi connectivity index (χ0v) is 17.8. The number of nitrogens with one attached hydrogen (secondary N) is 1. The van der Waals surface area contributed by atoms with Crippen LogP contribution in [0.15, 0.2) is 42.5 Å². The number of rotatable bonds is 6. The standard InChI is InChI=1S/C23H25FN4O4/c1-31-12-13-32-23(30)28(16-8-10-25-11-9-16)22-18-14-15(24)6-7-19(18)26-21(27-22)17-4-2-3-5-20(17)29/h2-7,14,16,25,29H,8-13H2,1H3. The van der Waals surface area contributed by atoms with Crippen LogP contribution in [0.4, 0.5) is 15.0 Å². The van der Waals surface area contributed by atoms with Gasteiger partial charge in [0, 0.05) is 18.5 Å². The fraction of sp³-hybridized carbons (Fsp3) is 0.348. The van der Waals surface area contributed by atoms with E-state index in [0.717, 1.165) is 13.1 Å². The minimum Gasteiger partial charge on any atom is -0.507 e. The monoisotopic (exact) mass is 440 g/mol. The molecule has 168 valence electrons. The predicted molar refractivity (Wildman–Crippen MR) is 118 cm³/mol. The van der Waals surface area contributed by atoms with Gasteiger partial charge < -0.3 is 19.9 Å². The highest BCUT2D eigenvalue weighted by Gasteiger charge is 2.31. The van der Waals surface area contributed by atoms with Gasteiger partial charge in [0.05, 0.1) is 17.7 Å². The van der Waals surface area contributed by atoms with Crippen LogP contribution in [0, 0.1) is 5.82 Å². The van der Waals surface area contributed by atoms with Gasteiger partial charge in [0.2, 0.25) is 0 Å². The molecule has 3 aromatic rings. The third-order valence-electron chi connectivity index (χ3n) is 5.39. The summed E-state index contributed by atoms with van der Waals surface area (Å²) in [6.45, 7) is 1.81. The number of nitrogens with zero attached hydrogens (tertiary/aromatic N) is 3. The molecule has 1 saturated heterocycles. The number of carbonyl (C=O) groups is 1. The molecule has 1 aromatic heterocycles. The van der Waals surface area contributed by atoms with E-state index in [4.69, 9.17) is 9.47 Å². The number of aromatic nitrogens is 2. The van der Waals surface area contributed by atoms with E-state index < -0.39 is 11.9 Å². The van der Waals surface area contributed by atoms with Crippen LogP contribution in [-0.4, -0.2) is 60.6 Å². The fourth-order valence-electron chi connectivity index (χ4n) is 3.81. The van der Waals surface area contributed by atoms with E-state index in [1.807, 2.05) is 0 Å². The molecule has 2 aromatic carbocycles. The smallest absolute Gasteiger partial charge is 0.415 e. The lowest BCUT2D eigenvalue weighted by Crippen LogP contribution is -2.47. The minimum absolute atomic E-state index is 0.0102. The summed E-state index contributed by atoms with van der Waals surface area (Å²) in [5, 5.41) is 14.0. The molecule has 1 aliphatic rings. The number of aromatic hydroxyl groups is 1. The number of carbonyl (C=O) groups excluding carboxylic acids is 1. The molecule has 32 heavy (non-hydrogen) atoms. The maximum Gasteiger partial charge on any atom is 0.415 e. The number of amides is 1. The first-order chi connectivity index (χ1) is 15.6. The maximum atomic E-state index is 14.2. The van der Waals surface area contributed by atoms with Gasteiger partial charge in [0.25, 0.3) is 0 Å². The number of fused-ring (bicyclic) bond motifs is 1. The third kappa shape index (κ3) is 4.63. The van der Waals surface area contributed by atoms with Crippen LogP contribution in [0.3, 0.4) is 0 Å². The van der Waals surface area contributed by atoms with Gasteiger partial charge in [-0.05, 0) is 56.3 Å². The first-order valence-corrected chi connectivity index (χ1v) is 10.5. The fourth-order valence-corrected chi connectivity index (χ4v) is 3.81. The SMILES string of the molecule is COCCOC(=O)N(c1nc(-c2ccccc2O)nc2ccc(F)cc12)C1CCNCC1. The highest BCUT2D eigenvalue weighted by Crippen LogP contribution is 2.34. The summed E-state index contributed by atoms with van der Waals surface area (Å²) >= 11 is 0. The number of halogens is 1. The topological polar surface area (TPSA) is 96.8 Å². The molecule has 0 spiro atoms. The molecule has 0 radical (unpaired) electrons. The van der Waals surface area contributed by atoms with Crippen LogP contribution in [-0.2, 0) is 9.47 Å². The van der Waals surface area contributed by atoms with E-state index in [2.05, 4.69) is 15.3 Å². The van der Waals surface area contributed by atoms with Crippen molar-refractivity contribution < 1.29 is 23.8 Å². The highest BCUT2D eigenvalue weighted by molar-refractivity contribution is 5.99. The Labute approximate surface area is 185 Å². The number of hydrogen-bond acceptors (Lipinski definition) is 7. The molecule has 0 bridgehead atoms. The number of benzene rings is 2. The van der Waals surface area contributed by atoms with Crippen LogP contribution in [0.25, 0.3) is 22.3 Å². The van der Waals surface area contributed by atoms with Gasteiger partial charge in [-0.15, -0.1) is 0 Å². The second-order valence-electron chi connectivity index (χ2n) is 7.51. The van der Waals surface area contributed by atoms with Gasteiger partial charge >= 0.3 is 6.09 Å². The summed E-state index contributed by atoms with van der Waals surface area (Å²) < 4.78 is 24.6. The van der Waals surface area contributed by atoms with Crippen LogP contribution < -0.4 is 10.2 Å². The number of para-hydroxylation sites is 1. The van der Waals surface area contributed by atoms with Crippen molar-refractivity contribution in [2.24, 2.45) is 0 Å². The van der Waals surface area contributed by atoms with Gasteiger partial charge in [-0.3, -0.25) is 4.90 Å². The molecule has 1 aliphatic heterocycles. The van der Waals surface area contributed by atoms with E-state index in [0.29, 0.717) is 29.3 Å². The average Bonchev–Trinajstić information content (AvgIpc) is 2.80. The van der Waals surface area contributed by atoms with Crippen molar-refractivity contribution in [3.05, 3.63) is 48.3 Å². The maximum absolute atomic E-state index is 14.2. The molecular weight excluding hydrogens is 415 g/mol. The van der Waals surface area contributed by atoms with Crippen molar-refractivity contribution in [3.63, 3.8) is 0 Å². The lowest BCUT2D eigenvalue weighted by atomic mass is 10.0. The number of anilines is 1. The van der Waals surface area contributed by atoms with Gasteiger partial charge in [0.15, 0.2) is 5.82 Å². The van der Waals surface area contributed by atoms with E-state index in [1.54, 1.807) is 18.2 Å². The molecular formula is C23H25FN4O4. The van der Waals surface area contributed by atoms with Crippen molar-refractivity contribution in [2.45, 2.75) is 18.9 Å². The normalized spacial score (nSPS) is 14.4. The molecule has 0 atom stereocenters. The van der Waals surface area contributed by atoms with Crippen molar-refractivity contribution >= 4 is 22.8 Å². The summed E-state index contributed by atoms with van der Waals surface area (Å²) in [5.74, 6) is 0.0366. The first kappa shape index (κ1) is 21.9. The van der Waals surface area contributed by atoms with E-state index in [1.165, 1.54) is 36.3 Å². The predicted octanol–water partition coefficient (Wildman–Crippen LogP) is 3.48. The lowest BCUT2D eigenvalue weighted by molar-refractivity contribution is 0.101. The number of phenols is 1. The van der Waals surface area contributed by atoms with Crippen molar-refractivity contribution in [2.75, 3.05) is 38.3 Å². The number of hydrogen-bond donors (Lipinski definition) is 2. The van der Waals surface area contributed by atoms with Crippen LogP contribution >= 0.6 is 0 Å². The van der Waals surface area contributed by atoms with Gasteiger partial charge in [0.1, 0.15) is 24.0 Å². The molecule has 1 amide bonds. The quantitative estimate of drug-likeness (QED) is 0.567. The second kappa shape index (κ2) is 9.88. The van der Waals surface area contributed by atoms with Crippen LogP contribution in [0.5, 0.6) is 5.75 Å². The number of ether oxygens (including phenoxy) is 2. The summed E-state index contributed by atoms with van der Waals surface area (Å²) in [4.78, 5) is 23.8. The summed E-state index contributed by atoms with van der Waals surface area (Å²) in [5.41, 5.74) is 0.872. The van der Waals surface area contributed by atoms with Gasteiger partial charge in [-0.2, -0.15) is 0 Å². The Bertz CT molecular complexity index is 1100. The molecule has 2 N–H and O–H groups in total. The Morgan fingerprint density at radius 1 is 1.19 bits per heavy atom. The molecule has 2 heterocycles. The van der Waals surface area contributed by atoms with E-state index in [-0.39, 0.29) is 36.6 Å². The van der Waals surface area contributed by atoms with E-state index in [9.17, 15) is 14.3 Å². The molecule has 4 rings (SSSR count). The zero-order chi connectivity index (χ0) is 22.5. The van der Waals surface area contributed by atoms with Crippen molar-refractivity contribution in [1.29, 1.82) is 0 Å². The summed E-state index contributed by atoms with van der Waals surface area (Å²) in [7, 11) is 1.53. The zero-order valence-electron chi connectivity index (χ0n) is 17.8. The Morgan fingerprint density at radius 3 is 2.72 bits per heavy atom. The number of methoxy groups -OCH3 is 1. The Hall–Kier alpha value is -3.30.